The Morgan fingerprint density at radius 3 is 2.56 bits per heavy atom. The maximum Gasteiger partial charge on any atom is 0.0431 e. The molecule has 0 aliphatic heterocycles. The van der Waals surface area contributed by atoms with Crippen LogP contribution in [0.1, 0.15) is 32.6 Å². The van der Waals surface area contributed by atoms with Crippen LogP contribution in [0, 0.1) is 0 Å². The molecule has 0 aliphatic rings. The van der Waals surface area contributed by atoms with Crippen molar-refractivity contribution in [1.29, 1.82) is 0 Å². The second kappa shape index (κ2) is 7.70. The van der Waals surface area contributed by atoms with Crippen molar-refractivity contribution < 1.29 is 5.11 Å². The van der Waals surface area contributed by atoms with Gasteiger partial charge in [-0.3, -0.25) is 0 Å². The summed E-state index contributed by atoms with van der Waals surface area (Å²) < 4.78 is 0. The van der Waals surface area contributed by atoms with Gasteiger partial charge in [0, 0.05) is 6.61 Å². The lowest BCUT2D eigenvalue weighted by Crippen LogP contribution is -1.81. The minimum Gasteiger partial charge on any atom is -0.396 e. The number of allylic oxidation sites excluding steroid dienone is 2. The molecule has 0 amide bonds. The third-order valence-electron chi connectivity index (χ3n) is 1.26. The quantitative estimate of drug-likeness (QED) is 0.444. The molecule has 0 heterocycles. The summed E-state index contributed by atoms with van der Waals surface area (Å²) in [7, 11) is 0. The second-order valence-corrected chi connectivity index (χ2v) is 2.14. The molecule has 0 saturated carbocycles. The van der Waals surface area contributed by atoms with Crippen molar-refractivity contribution in [2.24, 2.45) is 0 Å². The Labute approximate surface area is 57.4 Å². The van der Waals surface area contributed by atoms with E-state index >= 15 is 0 Å². The lowest BCUT2D eigenvalue weighted by Gasteiger charge is -1.92. The first kappa shape index (κ1) is 8.70. The third kappa shape index (κ3) is 7.70. The van der Waals surface area contributed by atoms with Crippen molar-refractivity contribution in [3.63, 3.8) is 0 Å². The van der Waals surface area contributed by atoms with Crippen molar-refractivity contribution in [3.05, 3.63) is 12.2 Å². The van der Waals surface area contributed by atoms with Gasteiger partial charge in [-0.05, 0) is 26.2 Å². The van der Waals surface area contributed by atoms with Gasteiger partial charge >= 0.3 is 0 Å². The van der Waals surface area contributed by atoms with Gasteiger partial charge < -0.3 is 5.11 Å². The maximum absolute atomic E-state index is 8.40. The van der Waals surface area contributed by atoms with Gasteiger partial charge in [0.05, 0.1) is 0 Å². The number of hydrogen-bond donors (Lipinski definition) is 1. The number of rotatable bonds is 5. The van der Waals surface area contributed by atoms with E-state index in [1.165, 1.54) is 6.42 Å². The molecule has 54 valence electrons. The Kier molecular flexibility index (Phi) is 7.44. The Balaban J connectivity index is 2.75. The Morgan fingerprint density at radius 1 is 1.22 bits per heavy atom. The maximum atomic E-state index is 8.40. The van der Waals surface area contributed by atoms with E-state index in [0.717, 1.165) is 19.3 Å². The highest BCUT2D eigenvalue weighted by Crippen LogP contribution is 1.98. The van der Waals surface area contributed by atoms with E-state index in [2.05, 4.69) is 12.2 Å². The largest absolute Gasteiger partial charge is 0.396 e. The van der Waals surface area contributed by atoms with E-state index < -0.39 is 0 Å². The number of aliphatic hydroxyl groups excluding tert-OH is 1. The average molecular weight is 128 g/mol. The predicted molar refractivity (Wildman–Crippen MR) is 40.4 cm³/mol. The van der Waals surface area contributed by atoms with E-state index in [-0.39, 0.29) is 0 Å². The molecule has 0 aromatic carbocycles. The van der Waals surface area contributed by atoms with Gasteiger partial charge in [0.1, 0.15) is 0 Å². The van der Waals surface area contributed by atoms with Crippen LogP contribution in [0.3, 0.4) is 0 Å². The highest BCUT2D eigenvalue weighted by Gasteiger charge is 1.82. The molecule has 0 aromatic rings. The predicted octanol–water partition coefficient (Wildman–Crippen LogP) is 2.12. The van der Waals surface area contributed by atoms with Crippen molar-refractivity contribution in [2.75, 3.05) is 6.61 Å². The van der Waals surface area contributed by atoms with Crippen LogP contribution in [0.2, 0.25) is 0 Å². The number of aliphatic hydroxyl groups is 1. The molecule has 0 radical (unpaired) electrons. The fourth-order valence-corrected chi connectivity index (χ4v) is 0.717. The Hall–Kier alpha value is -0.300. The van der Waals surface area contributed by atoms with Crippen molar-refractivity contribution in [1.82, 2.24) is 0 Å². The second-order valence-electron chi connectivity index (χ2n) is 2.14. The molecule has 1 heteroatoms. The van der Waals surface area contributed by atoms with Gasteiger partial charge in [0.25, 0.3) is 0 Å². The molecule has 1 N–H and O–H groups in total. The summed E-state index contributed by atoms with van der Waals surface area (Å²) in [6.45, 7) is 2.38. The summed E-state index contributed by atoms with van der Waals surface area (Å²) in [5, 5.41) is 8.40. The zero-order chi connectivity index (χ0) is 6.95. The normalized spacial score (nSPS) is 10.9. The third-order valence-corrected chi connectivity index (χ3v) is 1.26. The molecule has 9 heavy (non-hydrogen) atoms. The van der Waals surface area contributed by atoms with E-state index in [1.807, 2.05) is 6.92 Å². The lowest BCUT2D eigenvalue weighted by molar-refractivity contribution is 0.283. The zero-order valence-electron chi connectivity index (χ0n) is 6.14. The minimum atomic E-state index is 0.343. The molecule has 0 unspecified atom stereocenters. The summed E-state index contributed by atoms with van der Waals surface area (Å²) in [6, 6.07) is 0. The lowest BCUT2D eigenvalue weighted by atomic mass is 10.2. The van der Waals surface area contributed by atoms with Crippen molar-refractivity contribution >= 4 is 0 Å². The van der Waals surface area contributed by atoms with E-state index in [1.54, 1.807) is 0 Å². The minimum absolute atomic E-state index is 0.343. The van der Waals surface area contributed by atoms with Crippen molar-refractivity contribution in [2.45, 2.75) is 32.6 Å². The standard InChI is InChI=1S/C8H16O/c1-2-3-4-5-6-7-8-9/h2-3,9H,4-8H2,1H3/b3-2+. The molecule has 0 aliphatic carbocycles. The first-order chi connectivity index (χ1) is 4.41. The Bertz CT molecular complexity index is 67.0. The number of hydrogen-bond acceptors (Lipinski definition) is 1. The monoisotopic (exact) mass is 128 g/mol. The Morgan fingerprint density at radius 2 is 2.00 bits per heavy atom. The number of unbranched alkanes of at least 4 members (excludes halogenated alkanes) is 3. The molecule has 0 fully saturated rings. The summed E-state index contributed by atoms with van der Waals surface area (Å²) >= 11 is 0. The zero-order valence-corrected chi connectivity index (χ0v) is 6.14. The molecule has 0 rings (SSSR count). The topological polar surface area (TPSA) is 20.2 Å². The van der Waals surface area contributed by atoms with Crippen LogP contribution in [0.5, 0.6) is 0 Å². The average Bonchev–Trinajstić information content (AvgIpc) is 1.89. The van der Waals surface area contributed by atoms with Crippen LogP contribution < -0.4 is 0 Å². The van der Waals surface area contributed by atoms with Crippen molar-refractivity contribution in [3.8, 4) is 0 Å². The van der Waals surface area contributed by atoms with Gasteiger partial charge in [-0.1, -0.05) is 18.6 Å². The highest BCUT2D eigenvalue weighted by atomic mass is 16.2. The van der Waals surface area contributed by atoms with Gasteiger partial charge in [-0.25, -0.2) is 0 Å². The molecule has 1 nitrogen and oxygen atoms in total. The highest BCUT2D eigenvalue weighted by molar-refractivity contribution is 4.75. The first-order valence-corrected chi connectivity index (χ1v) is 3.64. The fourth-order valence-electron chi connectivity index (χ4n) is 0.717. The molecule has 0 aromatic heterocycles. The van der Waals surface area contributed by atoms with Crippen LogP contribution >= 0.6 is 0 Å². The molecular formula is C8H16O. The van der Waals surface area contributed by atoms with Crippen LogP contribution in [0.25, 0.3) is 0 Å². The van der Waals surface area contributed by atoms with E-state index in [0.29, 0.717) is 6.61 Å². The van der Waals surface area contributed by atoms with Crippen LogP contribution in [0.4, 0.5) is 0 Å². The van der Waals surface area contributed by atoms with E-state index in [9.17, 15) is 0 Å². The molecule has 0 bridgehead atoms. The van der Waals surface area contributed by atoms with Gasteiger partial charge in [-0.2, -0.15) is 0 Å². The molecular weight excluding hydrogens is 112 g/mol. The molecule has 0 atom stereocenters. The summed E-state index contributed by atoms with van der Waals surface area (Å²) in [6.07, 6.45) is 8.72. The van der Waals surface area contributed by atoms with Gasteiger partial charge in [-0.15, -0.1) is 0 Å². The molecule has 0 spiro atoms. The van der Waals surface area contributed by atoms with Crippen LogP contribution in [-0.2, 0) is 0 Å². The van der Waals surface area contributed by atoms with Crippen LogP contribution in [-0.4, -0.2) is 11.7 Å². The van der Waals surface area contributed by atoms with Crippen LogP contribution in [0.15, 0.2) is 12.2 Å². The van der Waals surface area contributed by atoms with E-state index in [4.69, 9.17) is 5.11 Å². The smallest absolute Gasteiger partial charge is 0.0431 e. The fraction of sp³-hybridized carbons (Fsp3) is 0.750. The first-order valence-electron chi connectivity index (χ1n) is 3.64. The summed E-state index contributed by atoms with van der Waals surface area (Å²) in [5.41, 5.74) is 0. The van der Waals surface area contributed by atoms with Gasteiger partial charge in [0.15, 0.2) is 0 Å². The molecule has 0 saturated heterocycles. The van der Waals surface area contributed by atoms with Gasteiger partial charge in [0.2, 0.25) is 0 Å². The summed E-state index contributed by atoms with van der Waals surface area (Å²) in [5.74, 6) is 0. The summed E-state index contributed by atoms with van der Waals surface area (Å²) in [4.78, 5) is 0. The SMILES string of the molecule is C/C=C/CCCCCO.